The zero-order valence-corrected chi connectivity index (χ0v) is 12.1. The second-order valence-electron chi connectivity index (χ2n) is 5.04. The number of hydrogen-bond acceptors (Lipinski definition) is 4. The van der Waals surface area contributed by atoms with Crippen molar-refractivity contribution >= 4 is 9.84 Å². The predicted octanol–water partition coefficient (Wildman–Crippen LogP) is 0.884. The number of sulfone groups is 1. The second-order valence-corrected chi connectivity index (χ2v) is 7.72. The van der Waals surface area contributed by atoms with E-state index in [1.54, 1.807) is 13.8 Å². The molecule has 1 rings (SSSR count). The van der Waals surface area contributed by atoms with Crippen molar-refractivity contribution in [3.8, 4) is 0 Å². The maximum absolute atomic E-state index is 11.8. The molecule has 1 N–H and O–H groups in total. The summed E-state index contributed by atoms with van der Waals surface area (Å²) in [5.74, 6) is 0.287. The van der Waals surface area contributed by atoms with Gasteiger partial charge in [0, 0.05) is 19.1 Å². The lowest BCUT2D eigenvalue weighted by molar-refractivity contribution is 0.183. The van der Waals surface area contributed by atoms with Crippen LogP contribution >= 0.6 is 0 Å². The summed E-state index contributed by atoms with van der Waals surface area (Å²) in [6, 6.07) is 0.510. The van der Waals surface area contributed by atoms with Gasteiger partial charge in [0.25, 0.3) is 0 Å². The second kappa shape index (κ2) is 6.71. The number of nitrogens with zero attached hydrogens (tertiary/aromatic N) is 1. The normalized spacial score (nSPS) is 22.3. The van der Waals surface area contributed by atoms with Crippen LogP contribution in [0.1, 0.15) is 33.6 Å². The first-order valence-corrected chi connectivity index (χ1v) is 8.35. The summed E-state index contributed by atoms with van der Waals surface area (Å²) in [4.78, 5) is 2.30. The van der Waals surface area contributed by atoms with Crippen LogP contribution in [-0.2, 0) is 9.84 Å². The van der Waals surface area contributed by atoms with Crippen LogP contribution in [0, 0.1) is 0 Å². The van der Waals surface area contributed by atoms with Gasteiger partial charge in [-0.1, -0.05) is 6.92 Å². The monoisotopic (exact) mass is 262 g/mol. The Morgan fingerprint density at radius 2 is 2.12 bits per heavy atom. The summed E-state index contributed by atoms with van der Waals surface area (Å²) >= 11 is 0. The molecule has 5 heteroatoms. The van der Waals surface area contributed by atoms with E-state index in [-0.39, 0.29) is 11.0 Å². The first-order valence-electron chi connectivity index (χ1n) is 6.63. The van der Waals surface area contributed by atoms with Gasteiger partial charge in [-0.2, -0.15) is 0 Å². The Kier molecular flexibility index (Phi) is 5.89. The van der Waals surface area contributed by atoms with E-state index in [2.05, 4.69) is 17.1 Å². The third kappa shape index (κ3) is 4.56. The van der Waals surface area contributed by atoms with Crippen LogP contribution in [0.25, 0.3) is 0 Å². The van der Waals surface area contributed by atoms with E-state index in [0.29, 0.717) is 12.6 Å². The molecule has 1 aliphatic heterocycles. The number of hydrogen-bond donors (Lipinski definition) is 1. The molecule has 0 saturated carbocycles. The van der Waals surface area contributed by atoms with Gasteiger partial charge < -0.3 is 5.32 Å². The highest BCUT2D eigenvalue weighted by Crippen LogP contribution is 2.11. The molecule has 1 unspecified atom stereocenters. The molecule has 1 atom stereocenters. The molecule has 0 amide bonds. The predicted molar refractivity (Wildman–Crippen MR) is 72.1 cm³/mol. The van der Waals surface area contributed by atoms with Crippen LogP contribution in [0.4, 0.5) is 0 Å². The van der Waals surface area contributed by atoms with Crippen molar-refractivity contribution in [3.63, 3.8) is 0 Å². The highest BCUT2D eigenvalue weighted by molar-refractivity contribution is 7.92. The molecule has 0 aromatic rings. The van der Waals surface area contributed by atoms with Gasteiger partial charge in [0.2, 0.25) is 0 Å². The van der Waals surface area contributed by atoms with E-state index in [4.69, 9.17) is 0 Å². The summed E-state index contributed by atoms with van der Waals surface area (Å²) in [7, 11) is -2.90. The molecule has 17 heavy (non-hydrogen) atoms. The fourth-order valence-electron chi connectivity index (χ4n) is 2.22. The van der Waals surface area contributed by atoms with Gasteiger partial charge in [0.05, 0.1) is 11.0 Å². The highest BCUT2D eigenvalue weighted by Gasteiger charge is 2.22. The molecule has 0 spiro atoms. The lowest BCUT2D eigenvalue weighted by Gasteiger charge is -2.33. The topological polar surface area (TPSA) is 49.4 Å². The molecule has 1 saturated heterocycles. The minimum absolute atomic E-state index is 0.259. The molecular weight excluding hydrogens is 236 g/mol. The van der Waals surface area contributed by atoms with Crippen LogP contribution in [0.5, 0.6) is 0 Å². The Bertz CT molecular complexity index is 308. The third-order valence-electron chi connectivity index (χ3n) is 3.57. The van der Waals surface area contributed by atoms with Crippen LogP contribution in [-0.4, -0.2) is 56.5 Å². The summed E-state index contributed by atoms with van der Waals surface area (Å²) in [5.41, 5.74) is 0. The first-order chi connectivity index (χ1) is 7.97. The van der Waals surface area contributed by atoms with Crippen LogP contribution in [0.15, 0.2) is 0 Å². The number of piperidine rings is 1. The van der Waals surface area contributed by atoms with Crippen molar-refractivity contribution in [2.45, 2.75) is 44.9 Å². The van der Waals surface area contributed by atoms with E-state index >= 15 is 0 Å². The van der Waals surface area contributed by atoms with E-state index in [9.17, 15) is 8.42 Å². The molecule has 4 nitrogen and oxygen atoms in total. The smallest absolute Gasteiger partial charge is 0.153 e. The SMILES string of the molecule is CCN(CCS(=O)(=O)C(C)C)C1CCCNC1. The average molecular weight is 262 g/mol. The van der Waals surface area contributed by atoms with E-state index < -0.39 is 9.84 Å². The number of rotatable bonds is 6. The summed E-state index contributed by atoms with van der Waals surface area (Å²) < 4.78 is 23.6. The zero-order valence-electron chi connectivity index (χ0n) is 11.3. The van der Waals surface area contributed by atoms with Gasteiger partial charge in [-0.25, -0.2) is 8.42 Å². The van der Waals surface area contributed by atoms with Crippen LogP contribution in [0.3, 0.4) is 0 Å². The lowest BCUT2D eigenvalue weighted by atomic mass is 10.1. The Morgan fingerprint density at radius 3 is 2.59 bits per heavy atom. The molecule has 1 fully saturated rings. The number of likely N-dealkylation sites (N-methyl/N-ethyl adjacent to an activating group) is 1. The van der Waals surface area contributed by atoms with E-state index in [1.807, 2.05) is 0 Å². The number of nitrogens with one attached hydrogen (secondary N) is 1. The third-order valence-corrected chi connectivity index (χ3v) is 5.76. The Morgan fingerprint density at radius 1 is 1.41 bits per heavy atom. The van der Waals surface area contributed by atoms with Gasteiger partial charge >= 0.3 is 0 Å². The van der Waals surface area contributed by atoms with Gasteiger partial charge in [-0.05, 0) is 39.8 Å². The molecule has 0 aromatic heterocycles. The van der Waals surface area contributed by atoms with E-state index in [0.717, 1.165) is 19.6 Å². The van der Waals surface area contributed by atoms with Crippen molar-refractivity contribution < 1.29 is 8.42 Å². The maximum Gasteiger partial charge on any atom is 0.153 e. The van der Waals surface area contributed by atoms with Crippen molar-refractivity contribution in [1.82, 2.24) is 10.2 Å². The molecule has 1 aliphatic rings. The van der Waals surface area contributed by atoms with Crippen molar-refractivity contribution in [2.75, 3.05) is 31.9 Å². The molecular formula is C12H26N2O2S. The van der Waals surface area contributed by atoms with Crippen molar-refractivity contribution in [1.29, 1.82) is 0 Å². The van der Waals surface area contributed by atoms with Crippen LogP contribution < -0.4 is 5.32 Å². The largest absolute Gasteiger partial charge is 0.315 e. The molecule has 0 radical (unpaired) electrons. The van der Waals surface area contributed by atoms with Gasteiger partial charge in [-0.15, -0.1) is 0 Å². The molecule has 0 bridgehead atoms. The Labute approximate surface area is 106 Å². The standard InChI is InChI=1S/C12H26N2O2S/c1-4-14(12-6-5-7-13-10-12)8-9-17(15,16)11(2)3/h11-13H,4-10H2,1-3H3. The minimum atomic E-state index is -2.90. The first kappa shape index (κ1) is 14.9. The summed E-state index contributed by atoms with van der Waals surface area (Å²) in [6.45, 7) is 9.31. The quantitative estimate of drug-likeness (QED) is 0.772. The zero-order chi connectivity index (χ0) is 12.9. The molecule has 1 heterocycles. The fourth-order valence-corrected chi connectivity index (χ4v) is 3.18. The van der Waals surface area contributed by atoms with Crippen LogP contribution in [0.2, 0.25) is 0 Å². The molecule has 0 aliphatic carbocycles. The van der Waals surface area contributed by atoms with Crippen molar-refractivity contribution in [3.05, 3.63) is 0 Å². The lowest BCUT2D eigenvalue weighted by Crippen LogP contribution is -2.47. The Hall–Kier alpha value is -0.130. The van der Waals surface area contributed by atoms with E-state index in [1.165, 1.54) is 12.8 Å². The van der Waals surface area contributed by atoms with Gasteiger partial charge in [0.1, 0.15) is 0 Å². The fraction of sp³-hybridized carbons (Fsp3) is 1.00. The van der Waals surface area contributed by atoms with Gasteiger partial charge in [0.15, 0.2) is 9.84 Å². The maximum atomic E-state index is 11.8. The highest BCUT2D eigenvalue weighted by atomic mass is 32.2. The summed E-state index contributed by atoms with van der Waals surface area (Å²) in [6.07, 6.45) is 2.38. The molecule has 102 valence electrons. The summed E-state index contributed by atoms with van der Waals surface area (Å²) in [5, 5.41) is 3.12. The average Bonchev–Trinajstić information content (AvgIpc) is 2.31. The molecule has 0 aromatic carbocycles. The Balaban J connectivity index is 2.47. The van der Waals surface area contributed by atoms with Crippen molar-refractivity contribution in [2.24, 2.45) is 0 Å². The van der Waals surface area contributed by atoms with Gasteiger partial charge in [-0.3, -0.25) is 4.90 Å². The minimum Gasteiger partial charge on any atom is -0.315 e.